The van der Waals surface area contributed by atoms with Crippen LogP contribution in [0, 0.1) is 11.8 Å². The molecule has 0 bridgehead atoms. The first-order chi connectivity index (χ1) is 15.5. The first-order valence-electron chi connectivity index (χ1n) is 11.1. The van der Waals surface area contributed by atoms with Gasteiger partial charge in [-0.15, -0.1) is 10.2 Å². The molecule has 0 aromatic carbocycles. The van der Waals surface area contributed by atoms with E-state index in [4.69, 9.17) is 9.47 Å². The molecule has 2 aliphatic rings. The van der Waals surface area contributed by atoms with Gasteiger partial charge in [-0.1, -0.05) is 13.8 Å². The summed E-state index contributed by atoms with van der Waals surface area (Å²) in [7, 11) is 1.51. The third-order valence-corrected chi connectivity index (χ3v) is 6.08. The van der Waals surface area contributed by atoms with Crippen LogP contribution in [0.15, 0.2) is 18.3 Å². The van der Waals surface area contributed by atoms with E-state index in [1.54, 1.807) is 23.2 Å². The van der Waals surface area contributed by atoms with Gasteiger partial charge in [0.15, 0.2) is 5.82 Å². The smallest absolute Gasteiger partial charge is 0.259 e. The van der Waals surface area contributed by atoms with E-state index < -0.39 is 0 Å². The van der Waals surface area contributed by atoms with Crippen LogP contribution in [0.25, 0.3) is 0 Å². The van der Waals surface area contributed by atoms with Crippen LogP contribution in [0.4, 0.5) is 0 Å². The summed E-state index contributed by atoms with van der Waals surface area (Å²) >= 11 is 0. The number of carbonyl (C=O) groups is 2. The SMILES string of the molecule is COc1ncccc1C(=O)N1CCc2nnc([C@@H](NC(=O)[C@@H]3CCOC3)C(C)C)n2CC1. The molecule has 2 amide bonds. The summed E-state index contributed by atoms with van der Waals surface area (Å²) in [6.07, 6.45) is 2.92. The molecule has 1 fully saturated rings. The van der Waals surface area contributed by atoms with Gasteiger partial charge in [-0.05, 0) is 24.5 Å². The molecule has 10 nitrogen and oxygen atoms in total. The maximum atomic E-state index is 13.1. The van der Waals surface area contributed by atoms with Crippen LogP contribution in [0.1, 0.15) is 48.3 Å². The second-order valence-corrected chi connectivity index (χ2v) is 8.52. The van der Waals surface area contributed by atoms with Crippen molar-refractivity contribution in [3.8, 4) is 5.88 Å². The van der Waals surface area contributed by atoms with Crippen molar-refractivity contribution < 1.29 is 19.1 Å². The fourth-order valence-electron chi connectivity index (χ4n) is 4.21. The Kier molecular flexibility index (Phi) is 6.69. The minimum Gasteiger partial charge on any atom is -0.480 e. The fourth-order valence-corrected chi connectivity index (χ4v) is 4.21. The van der Waals surface area contributed by atoms with Crippen LogP contribution in [-0.4, -0.2) is 69.9 Å². The van der Waals surface area contributed by atoms with Gasteiger partial charge < -0.3 is 24.3 Å². The summed E-state index contributed by atoms with van der Waals surface area (Å²) in [5, 5.41) is 12.0. The lowest BCUT2D eigenvalue weighted by atomic mass is 10.0. The third kappa shape index (κ3) is 4.45. The van der Waals surface area contributed by atoms with Crippen molar-refractivity contribution >= 4 is 11.8 Å². The summed E-state index contributed by atoms with van der Waals surface area (Å²) in [6, 6.07) is 3.19. The lowest BCUT2D eigenvalue weighted by Gasteiger charge is -2.24. The van der Waals surface area contributed by atoms with Crippen molar-refractivity contribution in [3.63, 3.8) is 0 Å². The summed E-state index contributed by atoms with van der Waals surface area (Å²) in [4.78, 5) is 31.8. The molecule has 1 N–H and O–H groups in total. The van der Waals surface area contributed by atoms with Crippen molar-refractivity contribution in [3.05, 3.63) is 35.5 Å². The van der Waals surface area contributed by atoms with E-state index in [-0.39, 0.29) is 29.7 Å². The molecule has 0 radical (unpaired) electrons. The normalized spacial score (nSPS) is 19.4. The molecule has 0 unspecified atom stereocenters. The number of nitrogens with one attached hydrogen (secondary N) is 1. The largest absolute Gasteiger partial charge is 0.480 e. The average Bonchev–Trinajstić information content (AvgIpc) is 3.43. The molecule has 4 heterocycles. The van der Waals surface area contributed by atoms with Crippen molar-refractivity contribution in [2.45, 2.75) is 39.3 Å². The van der Waals surface area contributed by atoms with Crippen molar-refractivity contribution in [1.29, 1.82) is 0 Å². The van der Waals surface area contributed by atoms with E-state index >= 15 is 0 Å². The Morgan fingerprint density at radius 1 is 1.25 bits per heavy atom. The number of aromatic nitrogens is 4. The van der Waals surface area contributed by atoms with Gasteiger partial charge in [-0.25, -0.2) is 4.98 Å². The Morgan fingerprint density at radius 3 is 2.81 bits per heavy atom. The van der Waals surface area contributed by atoms with Gasteiger partial charge >= 0.3 is 0 Å². The summed E-state index contributed by atoms with van der Waals surface area (Å²) in [5.41, 5.74) is 0.444. The molecule has 10 heteroatoms. The molecule has 2 atom stereocenters. The fraction of sp³-hybridized carbons (Fsp3) is 0.591. The third-order valence-electron chi connectivity index (χ3n) is 6.08. The molecule has 172 valence electrons. The highest BCUT2D eigenvalue weighted by Gasteiger charge is 2.32. The number of methoxy groups -OCH3 is 1. The highest BCUT2D eigenvalue weighted by molar-refractivity contribution is 5.96. The number of carbonyl (C=O) groups excluding carboxylic acids is 2. The summed E-state index contributed by atoms with van der Waals surface area (Å²) in [6.45, 7) is 6.77. The maximum absolute atomic E-state index is 13.1. The van der Waals surface area contributed by atoms with Gasteiger partial charge in [-0.2, -0.15) is 0 Å². The highest BCUT2D eigenvalue weighted by Crippen LogP contribution is 2.25. The lowest BCUT2D eigenvalue weighted by Crippen LogP contribution is -2.38. The van der Waals surface area contributed by atoms with Crippen molar-refractivity contribution in [1.82, 2.24) is 30.0 Å². The molecule has 0 aliphatic carbocycles. The van der Waals surface area contributed by atoms with E-state index in [1.807, 2.05) is 4.57 Å². The number of nitrogens with zero attached hydrogens (tertiary/aromatic N) is 5. The molecular weight excluding hydrogens is 412 g/mol. The number of pyridine rings is 1. The van der Waals surface area contributed by atoms with Gasteiger partial charge in [0, 0.05) is 38.9 Å². The van der Waals surface area contributed by atoms with E-state index in [1.165, 1.54) is 7.11 Å². The van der Waals surface area contributed by atoms with Crippen LogP contribution in [0.3, 0.4) is 0 Å². The first-order valence-corrected chi connectivity index (χ1v) is 11.1. The zero-order valence-corrected chi connectivity index (χ0v) is 18.8. The standard InChI is InChI=1S/C22H30N6O4/c1-14(2)18(24-20(29)15-7-12-32-13-15)19-26-25-17-6-9-27(10-11-28(17)19)22(30)16-5-4-8-23-21(16)31-3/h4-5,8,14-15,18H,6-7,9-13H2,1-3H3,(H,24,29)/t15-,18+/m1/s1. The molecule has 2 aliphatic heterocycles. The number of rotatable bonds is 6. The van der Waals surface area contributed by atoms with Crippen LogP contribution in [0.2, 0.25) is 0 Å². The van der Waals surface area contributed by atoms with Crippen molar-refractivity contribution in [2.75, 3.05) is 33.4 Å². The van der Waals surface area contributed by atoms with E-state index in [0.29, 0.717) is 50.7 Å². The molecule has 32 heavy (non-hydrogen) atoms. The molecule has 2 aromatic heterocycles. The van der Waals surface area contributed by atoms with Crippen LogP contribution >= 0.6 is 0 Å². The van der Waals surface area contributed by atoms with Crippen LogP contribution < -0.4 is 10.1 Å². The Labute approximate surface area is 187 Å². The average molecular weight is 443 g/mol. The van der Waals surface area contributed by atoms with Gasteiger partial charge in [0.25, 0.3) is 5.91 Å². The number of ether oxygens (including phenoxy) is 2. The molecule has 2 aromatic rings. The Morgan fingerprint density at radius 2 is 2.09 bits per heavy atom. The van der Waals surface area contributed by atoms with E-state index in [2.05, 4.69) is 34.3 Å². The molecular formula is C22H30N6O4. The van der Waals surface area contributed by atoms with Crippen LogP contribution in [0.5, 0.6) is 5.88 Å². The van der Waals surface area contributed by atoms with Crippen LogP contribution in [-0.2, 0) is 22.5 Å². The predicted molar refractivity (Wildman–Crippen MR) is 115 cm³/mol. The predicted octanol–water partition coefficient (Wildman–Crippen LogP) is 1.23. The van der Waals surface area contributed by atoms with Gasteiger partial charge in [0.05, 0.1) is 25.7 Å². The molecule has 0 saturated carbocycles. The maximum Gasteiger partial charge on any atom is 0.259 e. The Balaban J connectivity index is 1.50. The van der Waals surface area contributed by atoms with Gasteiger partial charge in [-0.3, -0.25) is 9.59 Å². The molecule has 1 saturated heterocycles. The Bertz CT molecular complexity index is 969. The first kappa shape index (κ1) is 22.2. The number of hydrogen-bond acceptors (Lipinski definition) is 7. The number of hydrogen-bond donors (Lipinski definition) is 1. The molecule has 0 spiro atoms. The number of amides is 2. The summed E-state index contributed by atoms with van der Waals surface area (Å²) in [5.74, 6) is 1.76. The quantitative estimate of drug-likeness (QED) is 0.716. The van der Waals surface area contributed by atoms with Gasteiger partial charge in [0.1, 0.15) is 11.4 Å². The number of fused-ring (bicyclic) bond motifs is 1. The zero-order chi connectivity index (χ0) is 22.7. The molecule has 4 rings (SSSR count). The zero-order valence-electron chi connectivity index (χ0n) is 18.8. The van der Waals surface area contributed by atoms with E-state index in [0.717, 1.165) is 18.1 Å². The lowest BCUT2D eigenvalue weighted by molar-refractivity contribution is -0.126. The topological polar surface area (TPSA) is 111 Å². The Hall–Kier alpha value is -3.01. The summed E-state index contributed by atoms with van der Waals surface area (Å²) < 4.78 is 12.7. The second-order valence-electron chi connectivity index (χ2n) is 8.52. The highest BCUT2D eigenvalue weighted by atomic mass is 16.5. The second kappa shape index (κ2) is 9.64. The minimum atomic E-state index is -0.259. The monoisotopic (exact) mass is 442 g/mol. The van der Waals surface area contributed by atoms with E-state index in [9.17, 15) is 9.59 Å². The van der Waals surface area contributed by atoms with Gasteiger partial charge in [0.2, 0.25) is 11.8 Å². The van der Waals surface area contributed by atoms with Crippen molar-refractivity contribution in [2.24, 2.45) is 11.8 Å². The minimum absolute atomic E-state index is 0.00681.